The molecule has 2 heteroatoms. The molecule has 0 heterocycles. The molecule has 0 fully saturated rings. The van der Waals surface area contributed by atoms with Crippen LogP contribution in [0.1, 0.15) is 47.5 Å². The molecule has 0 saturated heterocycles. The normalized spacial score (nSPS) is 15.9. The molecule has 0 spiro atoms. The summed E-state index contributed by atoms with van der Waals surface area (Å²) in [5.41, 5.74) is 0.729. The minimum absolute atomic E-state index is 0.187. The van der Waals surface area contributed by atoms with Crippen LogP contribution >= 0.6 is 0 Å². The van der Waals surface area contributed by atoms with Crippen molar-refractivity contribution in [3.05, 3.63) is 11.6 Å². The third kappa shape index (κ3) is 5.60. The van der Waals surface area contributed by atoms with Crippen LogP contribution in [-0.2, 0) is 9.53 Å². The zero-order valence-corrected chi connectivity index (χ0v) is 10.7. The molecule has 0 aromatic rings. The zero-order valence-electron chi connectivity index (χ0n) is 10.7. The first-order chi connectivity index (χ1) is 7.02. The van der Waals surface area contributed by atoms with Gasteiger partial charge in [-0.15, -0.1) is 0 Å². The molecular formula is C13H24O2. The molecule has 0 radical (unpaired) electrons. The van der Waals surface area contributed by atoms with Gasteiger partial charge in [-0.05, 0) is 25.7 Å². The number of rotatable bonds is 6. The number of esters is 1. The highest BCUT2D eigenvalue weighted by molar-refractivity contribution is 5.87. The maximum absolute atomic E-state index is 11.4. The van der Waals surface area contributed by atoms with E-state index in [2.05, 4.69) is 20.8 Å². The zero-order chi connectivity index (χ0) is 11.8. The van der Waals surface area contributed by atoms with Gasteiger partial charge in [0, 0.05) is 5.57 Å². The number of allylic oxidation sites excluding steroid dienone is 1. The number of carbonyl (C=O) groups excluding carboxylic acids is 1. The summed E-state index contributed by atoms with van der Waals surface area (Å²) < 4.78 is 4.94. The lowest BCUT2D eigenvalue weighted by atomic mass is 9.90. The van der Waals surface area contributed by atoms with E-state index in [0.29, 0.717) is 18.4 Å². The summed E-state index contributed by atoms with van der Waals surface area (Å²) in [6.45, 7) is 10.7. The third-order valence-electron chi connectivity index (χ3n) is 2.75. The van der Waals surface area contributed by atoms with Crippen LogP contribution in [-0.4, -0.2) is 12.6 Å². The summed E-state index contributed by atoms with van der Waals surface area (Å²) in [7, 11) is 0. The lowest BCUT2D eigenvalue weighted by molar-refractivity contribution is -0.138. The summed E-state index contributed by atoms with van der Waals surface area (Å²) in [4.78, 5) is 11.4. The largest absolute Gasteiger partial charge is 0.463 e. The standard InChI is InChI=1S/C13H24O2/c1-6-8-10(3)11(4)9-12(5)13(14)15-7-2/h9-11H,6-8H2,1-5H3/b12-9+/t10-,11-/m0/s1. The van der Waals surface area contributed by atoms with E-state index in [9.17, 15) is 4.79 Å². The van der Waals surface area contributed by atoms with Gasteiger partial charge in [0.2, 0.25) is 0 Å². The number of ether oxygens (including phenoxy) is 1. The average Bonchev–Trinajstić information content (AvgIpc) is 2.18. The van der Waals surface area contributed by atoms with E-state index in [1.807, 2.05) is 19.9 Å². The van der Waals surface area contributed by atoms with Gasteiger partial charge in [-0.1, -0.05) is 39.7 Å². The highest BCUT2D eigenvalue weighted by Crippen LogP contribution is 2.19. The van der Waals surface area contributed by atoms with E-state index in [-0.39, 0.29) is 5.97 Å². The number of hydrogen-bond donors (Lipinski definition) is 0. The van der Waals surface area contributed by atoms with E-state index in [1.54, 1.807) is 0 Å². The fraction of sp³-hybridized carbons (Fsp3) is 0.769. The fourth-order valence-electron chi connectivity index (χ4n) is 1.59. The van der Waals surface area contributed by atoms with Gasteiger partial charge in [-0.25, -0.2) is 4.79 Å². The molecule has 0 aliphatic rings. The molecule has 15 heavy (non-hydrogen) atoms. The Hall–Kier alpha value is -0.790. The van der Waals surface area contributed by atoms with Gasteiger partial charge in [0.15, 0.2) is 0 Å². The summed E-state index contributed by atoms with van der Waals surface area (Å²) in [5.74, 6) is 0.877. The molecule has 0 saturated carbocycles. The second kappa shape index (κ2) is 7.49. The molecule has 0 aliphatic heterocycles. The molecular weight excluding hydrogens is 188 g/mol. The van der Waals surface area contributed by atoms with E-state index >= 15 is 0 Å². The van der Waals surface area contributed by atoms with Crippen molar-refractivity contribution in [2.24, 2.45) is 11.8 Å². The van der Waals surface area contributed by atoms with Crippen molar-refractivity contribution in [1.29, 1.82) is 0 Å². The molecule has 0 unspecified atom stereocenters. The Labute approximate surface area is 93.7 Å². The molecule has 0 rings (SSSR count). The van der Waals surface area contributed by atoms with Gasteiger partial charge in [-0.3, -0.25) is 0 Å². The monoisotopic (exact) mass is 212 g/mol. The maximum Gasteiger partial charge on any atom is 0.333 e. The highest BCUT2D eigenvalue weighted by atomic mass is 16.5. The third-order valence-corrected chi connectivity index (χ3v) is 2.75. The smallest absolute Gasteiger partial charge is 0.333 e. The quantitative estimate of drug-likeness (QED) is 0.497. The van der Waals surface area contributed by atoms with Gasteiger partial charge in [0.25, 0.3) is 0 Å². The van der Waals surface area contributed by atoms with Gasteiger partial charge in [0.1, 0.15) is 0 Å². The Balaban J connectivity index is 4.27. The SMILES string of the molecule is CCC[C@H](C)[C@@H](C)/C=C(\C)C(=O)OCC. The molecule has 0 bridgehead atoms. The lowest BCUT2D eigenvalue weighted by Gasteiger charge is -2.16. The molecule has 0 aromatic carbocycles. The van der Waals surface area contributed by atoms with Crippen molar-refractivity contribution < 1.29 is 9.53 Å². The first-order valence-corrected chi connectivity index (χ1v) is 5.88. The summed E-state index contributed by atoms with van der Waals surface area (Å²) in [6, 6.07) is 0. The van der Waals surface area contributed by atoms with Crippen molar-refractivity contribution >= 4 is 5.97 Å². The molecule has 88 valence electrons. The fourth-order valence-corrected chi connectivity index (χ4v) is 1.59. The molecule has 2 atom stereocenters. The molecule has 2 nitrogen and oxygen atoms in total. The van der Waals surface area contributed by atoms with Gasteiger partial charge in [0.05, 0.1) is 6.61 Å². The van der Waals surface area contributed by atoms with Crippen LogP contribution in [0.25, 0.3) is 0 Å². The Morgan fingerprint density at radius 2 is 1.93 bits per heavy atom. The Morgan fingerprint density at radius 3 is 2.40 bits per heavy atom. The van der Waals surface area contributed by atoms with Crippen LogP contribution in [0, 0.1) is 11.8 Å². The molecule has 0 amide bonds. The van der Waals surface area contributed by atoms with Crippen LogP contribution in [0.4, 0.5) is 0 Å². The van der Waals surface area contributed by atoms with E-state index in [4.69, 9.17) is 4.74 Å². The first-order valence-electron chi connectivity index (χ1n) is 5.88. The van der Waals surface area contributed by atoms with Crippen LogP contribution in [0.2, 0.25) is 0 Å². The summed E-state index contributed by atoms with van der Waals surface area (Å²) in [6.07, 6.45) is 4.42. The van der Waals surface area contributed by atoms with Crippen LogP contribution in [0.5, 0.6) is 0 Å². The van der Waals surface area contributed by atoms with E-state index in [0.717, 1.165) is 5.57 Å². The van der Waals surface area contributed by atoms with Crippen LogP contribution in [0.15, 0.2) is 11.6 Å². The molecule has 0 aromatic heterocycles. The highest BCUT2D eigenvalue weighted by Gasteiger charge is 2.11. The van der Waals surface area contributed by atoms with Crippen molar-refractivity contribution in [1.82, 2.24) is 0 Å². The van der Waals surface area contributed by atoms with Crippen molar-refractivity contribution in [2.45, 2.75) is 47.5 Å². The van der Waals surface area contributed by atoms with Crippen molar-refractivity contribution in [3.8, 4) is 0 Å². The van der Waals surface area contributed by atoms with Gasteiger partial charge in [-0.2, -0.15) is 0 Å². The van der Waals surface area contributed by atoms with Crippen LogP contribution < -0.4 is 0 Å². The summed E-state index contributed by atoms with van der Waals surface area (Å²) in [5, 5.41) is 0. The predicted octanol–water partition coefficient (Wildman–Crippen LogP) is 3.57. The molecule has 0 aliphatic carbocycles. The first kappa shape index (κ1) is 14.2. The average molecular weight is 212 g/mol. The number of hydrogen-bond acceptors (Lipinski definition) is 2. The number of carbonyl (C=O) groups is 1. The second-order valence-electron chi connectivity index (χ2n) is 4.20. The maximum atomic E-state index is 11.4. The Morgan fingerprint density at radius 1 is 1.33 bits per heavy atom. The topological polar surface area (TPSA) is 26.3 Å². The second-order valence-corrected chi connectivity index (χ2v) is 4.20. The van der Waals surface area contributed by atoms with Gasteiger partial charge < -0.3 is 4.74 Å². The van der Waals surface area contributed by atoms with E-state index < -0.39 is 0 Å². The van der Waals surface area contributed by atoms with Crippen molar-refractivity contribution in [2.75, 3.05) is 6.61 Å². The minimum Gasteiger partial charge on any atom is -0.463 e. The van der Waals surface area contributed by atoms with Crippen molar-refractivity contribution in [3.63, 3.8) is 0 Å². The van der Waals surface area contributed by atoms with Gasteiger partial charge >= 0.3 is 5.97 Å². The van der Waals surface area contributed by atoms with Crippen LogP contribution in [0.3, 0.4) is 0 Å². The molecule has 0 N–H and O–H groups in total. The lowest BCUT2D eigenvalue weighted by Crippen LogP contribution is -2.10. The Bertz CT molecular complexity index is 219. The predicted molar refractivity (Wildman–Crippen MR) is 63.6 cm³/mol. The minimum atomic E-state index is -0.187. The summed E-state index contributed by atoms with van der Waals surface area (Å²) >= 11 is 0. The van der Waals surface area contributed by atoms with E-state index in [1.165, 1.54) is 12.8 Å². The Kier molecular flexibility index (Phi) is 7.10.